The first-order valence-corrected chi connectivity index (χ1v) is 7.00. The average molecular weight is 248 g/mol. The molecule has 3 aliphatic rings. The van der Waals surface area contributed by atoms with Crippen LogP contribution in [0.25, 0.3) is 0 Å². The van der Waals surface area contributed by atoms with Gasteiger partial charge in [-0.05, 0) is 62.3 Å². The van der Waals surface area contributed by atoms with E-state index < -0.39 is 0 Å². The fourth-order valence-corrected chi connectivity index (χ4v) is 3.77. The average Bonchev–Trinajstić information content (AvgIpc) is 2.40. The number of anilines is 1. The van der Waals surface area contributed by atoms with Crippen LogP contribution in [0, 0.1) is 17.7 Å². The number of nitrogens with zero attached hydrogens (tertiary/aromatic N) is 1. The van der Waals surface area contributed by atoms with Crippen LogP contribution >= 0.6 is 0 Å². The van der Waals surface area contributed by atoms with Gasteiger partial charge in [0.25, 0.3) is 0 Å². The highest BCUT2D eigenvalue weighted by atomic mass is 19.1. The van der Waals surface area contributed by atoms with Crippen molar-refractivity contribution in [1.29, 1.82) is 0 Å². The van der Waals surface area contributed by atoms with Crippen molar-refractivity contribution < 1.29 is 4.39 Å². The molecule has 2 N–H and O–H groups in total. The van der Waals surface area contributed by atoms with E-state index >= 15 is 0 Å². The van der Waals surface area contributed by atoms with Gasteiger partial charge in [0.15, 0.2) is 0 Å². The van der Waals surface area contributed by atoms with Gasteiger partial charge in [-0.1, -0.05) is 6.07 Å². The molecule has 0 aromatic heterocycles. The normalized spacial score (nSPS) is 30.8. The Balaban J connectivity index is 1.77. The fraction of sp³-hybridized carbons (Fsp3) is 0.600. The van der Waals surface area contributed by atoms with Crippen LogP contribution in [0.1, 0.15) is 25.7 Å². The van der Waals surface area contributed by atoms with E-state index in [1.165, 1.54) is 25.3 Å². The number of benzene rings is 1. The maximum atomic E-state index is 13.3. The molecular formula is C15H21FN2. The molecule has 0 spiro atoms. The van der Waals surface area contributed by atoms with Crippen molar-refractivity contribution in [2.24, 2.45) is 17.6 Å². The van der Waals surface area contributed by atoms with E-state index in [4.69, 9.17) is 5.73 Å². The molecule has 2 aliphatic heterocycles. The zero-order chi connectivity index (χ0) is 12.5. The Morgan fingerprint density at radius 2 is 2.22 bits per heavy atom. The summed E-state index contributed by atoms with van der Waals surface area (Å²) in [6, 6.07) is 7.61. The van der Waals surface area contributed by atoms with Crippen molar-refractivity contribution in [1.82, 2.24) is 0 Å². The van der Waals surface area contributed by atoms with Gasteiger partial charge in [-0.15, -0.1) is 0 Å². The smallest absolute Gasteiger partial charge is 0.125 e. The Labute approximate surface area is 108 Å². The minimum absolute atomic E-state index is 0.132. The zero-order valence-electron chi connectivity index (χ0n) is 10.7. The summed E-state index contributed by atoms with van der Waals surface area (Å²) in [4.78, 5) is 2.41. The van der Waals surface area contributed by atoms with Gasteiger partial charge in [0.05, 0.1) is 0 Å². The monoisotopic (exact) mass is 248 g/mol. The first kappa shape index (κ1) is 12.0. The molecule has 98 valence electrons. The molecule has 3 atom stereocenters. The maximum Gasteiger partial charge on any atom is 0.125 e. The molecule has 3 unspecified atom stereocenters. The molecule has 1 aliphatic carbocycles. The molecule has 2 nitrogen and oxygen atoms in total. The van der Waals surface area contributed by atoms with E-state index in [0.29, 0.717) is 6.04 Å². The molecule has 4 rings (SSSR count). The second-order valence-electron chi connectivity index (χ2n) is 5.70. The van der Waals surface area contributed by atoms with Gasteiger partial charge >= 0.3 is 0 Å². The highest BCUT2D eigenvalue weighted by Crippen LogP contribution is 2.42. The van der Waals surface area contributed by atoms with E-state index in [1.54, 1.807) is 6.07 Å². The third kappa shape index (κ3) is 2.12. The number of halogens is 1. The van der Waals surface area contributed by atoms with E-state index in [1.807, 2.05) is 12.1 Å². The molecule has 1 aromatic carbocycles. The fourth-order valence-electron chi connectivity index (χ4n) is 3.77. The molecule has 0 radical (unpaired) electrons. The second kappa shape index (κ2) is 4.88. The topological polar surface area (TPSA) is 29.3 Å². The molecule has 1 saturated carbocycles. The lowest BCUT2D eigenvalue weighted by atomic mass is 9.70. The van der Waals surface area contributed by atoms with Gasteiger partial charge in [0.2, 0.25) is 0 Å². The molecule has 3 heteroatoms. The summed E-state index contributed by atoms with van der Waals surface area (Å²) in [7, 11) is 0. The van der Waals surface area contributed by atoms with Crippen LogP contribution in [-0.4, -0.2) is 19.1 Å². The summed E-state index contributed by atoms with van der Waals surface area (Å²) in [5.41, 5.74) is 6.75. The molecular weight excluding hydrogens is 227 g/mol. The van der Waals surface area contributed by atoms with Crippen LogP contribution in [0.3, 0.4) is 0 Å². The summed E-state index contributed by atoms with van der Waals surface area (Å²) in [5.74, 6) is 1.41. The minimum atomic E-state index is -0.132. The van der Waals surface area contributed by atoms with Crippen LogP contribution in [0.5, 0.6) is 0 Å². The lowest BCUT2D eigenvalue weighted by Crippen LogP contribution is -2.52. The van der Waals surface area contributed by atoms with E-state index in [9.17, 15) is 4.39 Å². The number of fused-ring (bicyclic) bond motifs is 3. The first-order chi connectivity index (χ1) is 8.78. The SMILES string of the molecule is NCCC1CC2CCC1CN2c1cccc(F)c1. The van der Waals surface area contributed by atoms with Gasteiger partial charge in [0, 0.05) is 18.3 Å². The second-order valence-corrected chi connectivity index (χ2v) is 5.70. The molecule has 3 fully saturated rings. The summed E-state index contributed by atoms with van der Waals surface area (Å²) in [6.07, 6.45) is 4.96. The Kier molecular flexibility index (Phi) is 3.25. The van der Waals surface area contributed by atoms with Gasteiger partial charge in [0.1, 0.15) is 5.82 Å². The van der Waals surface area contributed by atoms with E-state index in [-0.39, 0.29) is 5.82 Å². The summed E-state index contributed by atoms with van der Waals surface area (Å²) in [5, 5.41) is 0. The van der Waals surface area contributed by atoms with Crippen molar-refractivity contribution >= 4 is 5.69 Å². The largest absolute Gasteiger partial charge is 0.368 e. The molecule has 2 saturated heterocycles. The van der Waals surface area contributed by atoms with Crippen LogP contribution in [0.15, 0.2) is 24.3 Å². The third-order valence-corrected chi connectivity index (χ3v) is 4.66. The Morgan fingerprint density at radius 3 is 2.89 bits per heavy atom. The number of rotatable bonds is 3. The first-order valence-electron chi connectivity index (χ1n) is 7.00. The highest BCUT2D eigenvalue weighted by Gasteiger charge is 2.39. The zero-order valence-corrected chi connectivity index (χ0v) is 10.7. The number of nitrogens with two attached hydrogens (primary N) is 1. The van der Waals surface area contributed by atoms with Crippen molar-refractivity contribution in [2.45, 2.75) is 31.7 Å². The van der Waals surface area contributed by atoms with Crippen LogP contribution in [-0.2, 0) is 0 Å². The predicted octanol–water partition coefficient (Wildman–Crippen LogP) is 2.78. The summed E-state index contributed by atoms with van der Waals surface area (Å²) < 4.78 is 13.3. The quantitative estimate of drug-likeness (QED) is 0.891. The number of piperidine rings is 2. The summed E-state index contributed by atoms with van der Waals surface area (Å²) >= 11 is 0. The van der Waals surface area contributed by atoms with Crippen molar-refractivity contribution in [3.63, 3.8) is 0 Å². The predicted molar refractivity (Wildman–Crippen MR) is 72.0 cm³/mol. The molecule has 0 amide bonds. The van der Waals surface area contributed by atoms with Gasteiger partial charge < -0.3 is 10.6 Å². The molecule has 18 heavy (non-hydrogen) atoms. The standard InChI is InChI=1S/C15H21FN2/c16-13-2-1-3-14(9-13)18-10-12-4-5-15(18)8-11(12)6-7-17/h1-3,9,11-12,15H,4-8,10,17H2. The molecule has 2 bridgehead atoms. The molecule has 2 heterocycles. The van der Waals surface area contributed by atoms with Gasteiger partial charge in [-0.25, -0.2) is 4.39 Å². The van der Waals surface area contributed by atoms with Crippen molar-refractivity contribution in [2.75, 3.05) is 18.0 Å². The van der Waals surface area contributed by atoms with Crippen molar-refractivity contribution in [3.8, 4) is 0 Å². The lowest BCUT2D eigenvalue weighted by molar-refractivity contribution is 0.154. The minimum Gasteiger partial charge on any atom is -0.368 e. The Morgan fingerprint density at radius 1 is 1.33 bits per heavy atom. The van der Waals surface area contributed by atoms with Gasteiger partial charge in [-0.3, -0.25) is 0 Å². The summed E-state index contributed by atoms with van der Waals surface area (Å²) in [6.45, 7) is 1.88. The molecule has 1 aromatic rings. The Hall–Kier alpha value is -1.09. The third-order valence-electron chi connectivity index (χ3n) is 4.66. The number of hydrogen-bond donors (Lipinski definition) is 1. The van der Waals surface area contributed by atoms with Crippen LogP contribution in [0.2, 0.25) is 0 Å². The van der Waals surface area contributed by atoms with E-state index in [2.05, 4.69) is 4.90 Å². The lowest BCUT2D eigenvalue weighted by Gasteiger charge is -2.51. The highest BCUT2D eigenvalue weighted by molar-refractivity contribution is 5.48. The van der Waals surface area contributed by atoms with Gasteiger partial charge in [-0.2, -0.15) is 0 Å². The van der Waals surface area contributed by atoms with E-state index in [0.717, 1.165) is 37.0 Å². The van der Waals surface area contributed by atoms with Crippen LogP contribution < -0.4 is 10.6 Å². The Bertz CT molecular complexity index is 421. The van der Waals surface area contributed by atoms with Crippen molar-refractivity contribution in [3.05, 3.63) is 30.1 Å². The number of hydrogen-bond acceptors (Lipinski definition) is 2. The maximum absolute atomic E-state index is 13.3. The van der Waals surface area contributed by atoms with Crippen LogP contribution in [0.4, 0.5) is 10.1 Å².